The van der Waals surface area contributed by atoms with E-state index in [2.05, 4.69) is 21.2 Å². The molecule has 1 saturated heterocycles. The number of ether oxygens (including phenoxy) is 1. The Kier molecular flexibility index (Phi) is 6.01. The molecule has 0 spiro atoms. The second kappa shape index (κ2) is 8.24. The zero-order chi connectivity index (χ0) is 18.7. The maximum atomic E-state index is 11.9. The number of aryl methyl sites for hydroxylation is 1. The number of carbonyl (C=O) groups excluding carboxylic acids is 1. The maximum absolute atomic E-state index is 11.9. The molecule has 0 unspecified atom stereocenters. The standard InChI is InChI=1S/C18H20ClN3O2S2/c1-12-10-15(17(23)24-2)16(26-12)20-18(25)22-8-6-21(7-9-22)14-5-3-4-13(19)11-14/h3-5,10-11H,6-9H2,1-2H3,(H,20,25). The minimum atomic E-state index is -0.356. The highest BCUT2D eigenvalue weighted by atomic mass is 35.5. The number of thiocarbonyl (C=S) groups is 1. The monoisotopic (exact) mass is 409 g/mol. The Morgan fingerprint density at radius 2 is 2.00 bits per heavy atom. The first-order valence-electron chi connectivity index (χ1n) is 8.23. The van der Waals surface area contributed by atoms with E-state index < -0.39 is 0 Å². The Balaban J connectivity index is 1.62. The van der Waals surface area contributed by atoms with Crippen LogP contribution in [0, 0.1) is 6.92 Å². The Morgan fingerprint density at radius 3 is 2.65 bits per heavy atom. The number of anilines is 2. The average Bonchev–Trinajstić information content (AvgIpc) is 3.01. The fraction of sp³-hybridized carbons (Fsp3) is 0.333. The highest BCUT2D eigenvalue weighted by Crippen LogP contribution is 2.29. The van der Waals surface area contributed by atoms with E-state index in [-0.39, 0.29) is 5.97 Å². The van der Waals surface area contributed by atoms with Crippen LogP contribution >= 0.6 is 35.2 Å². The van der Waals surface area contributed by atoms with Crippen molar-refractivity contribution in [3.8, 4) is 0 Å². The zero-order valence-corrected chi connectivity index (χ0v) is 17.0. The molecule has 1 fully saturated rings. The molecule has 2 aromatic rings. The molecule has 0 atom stereocenters. The molecular weight excluding hydrogens is 390 g/mol. The third-order valence-corrected chi connectivity index (χ3v) is 5.78. The van der Waals surface area contributed by atoms with Gasteiger partial charge in [0.15, 0.2) is 5.11 Å². The molecule has 1 aromatic carbocycles. The second-order valence-electron chi connectivity index (χ2n) is 5.98. The van der Waals surface area contributed by atoms with E-state index in [9.17, 15) is 4.79 Å². The van der Waals surface area contributed by atoms with Gasteiger partial charge in [0.25, 0.3) is 0 Å². The van der Waals surface area contributed by atoms with Gasteiger partial charge in [0.1, 0.15) is 5.00 Å². The van der Waals surface area contributed by atoms with Crippen molar-refractivity contribution in [3.05, 3.63) is 45.8 Å². The number of piperazine rings is 1. The summed E-state index contributed by atoms with van der Waals surface area (Å²) in [4.78, 5) is 17.3. The molecule has 0 amide bonds. The van der Waals surface area contributed by atoms with Gasteiger partial charge in [-0.1, -0.05) is 17.7 Å². The van der Waals surface area contributed by atoms with Crippen LogP contribution in [0.4, 0.5) is 10.7 Å². The number of nitrogens with zero attached hydrogens (tertiary/aromatic N) is 2. The van der Waals surface area contributed by atoms with Crippen LogP contribution in [0.2, 0.25) is 5.02 Å². The van der Waals surface area contributed by atoms with Crippen LogP contribution in [-0.4, -0.2) is 49.3 Å². The number of halogens is 1. The van der Waals surface area contributed by atoms with Gasteiger partial charge in [-0.3, -0.25) is 0 Å². The lowest BCUT2D eigenvalue weighted by Gasteiger charge is -2.37. The lowest BCUT2D eigenvalue weighted by molar-refractivity contribution is 0.0602. The Morgan fingerprint density at radius 1 is 1.27 bits per heavy atom. The lowest BCUT2D eigenvalue weighted by atomic mass is 10.2. The summed E-state index contributed by atoms with van der Waals surface area (Å²) in [5.41, 5.74) is 1.65. The highest BCUT2D eigenvalue weighted by molar-refractivity contribution is 7.80. The smallest absolute Gasteiger partial charge is 0.340 e. The summed E-state index contributed by atoms with van der Waals surface area (Å²) >= 11 is 13.1. The van der Waals surface area contributed by atoms with Crippen molar-refractivity contribution in [1.82, 2.24) is 4.90 Å². The van der Waals surface area contributed by atoms with Crippen LogP contribution in [0.1, 0.15) is 15.2 Å². The number of carbonyl (C=O) groups is 1. The molecule has 2 heterocycles. The number of nitrogens with one attached hydrogen (secondary N) is 1. The highest BCUT2D eigenvalue weighted by Gasteiger charge is 2.22. The Bertz CT molecular complexity index is 817. The first-order valence-corrected chi connectivity index (χ1v) is 9.83. The van der Waals surface area contributed by atoms with Crippen LogP contribution in [0.25, 0.3) is 0 Å². The lowest BCUT2D eigenvalue weighted by Crippen LogP contribution is -2.50. The summed E-state index contributed by atoms with van der Waals surface area (Å²) in [5.74, 6) is -0.356. The Hall–Kier alpha value is -1.83. The summed E-state index contributed by atoms with van der Waals surface area (Å²) in [7, 11) is 1.38. The molecule has 138 valence electrons. The van der Waals surface area contributed by atoms with Crippen molar-refractivity contribution >= 4 is 56.9 Å². The van der Waals surface area contributed by atoms with E-state index in [4.69, 9.17) is 28.6 Å². The van der Waals surface area contributed by atoms with Gasteiger partial charge in [-0.05, 0) is 43.4 Å². The number of esters is 1. The molecule has 8 heteroatoms. The summed E-state index contributed by atoms with van der Waals surface area (Å²) in [6.45, 7) is 5.27. The topological polar surface area (TPSA) is 44.8 Å². The van der Waals surface area contributed by atoms with Gasteiger partial charge < -0.3 is 19.9 Å². The SMILES string of the molecule is COC(=O)c1cc(C)sc1NC(=S)N1CCN(c2cccc(Cl)c2)CC1. The number of methoxy groups -OCH3 is 1. The molecule has 0 bridgehead atoms. The number of hydrogen-bond donors (Lipinski definition) is 1. The zero-order valence-electron chi connectivity index (χ0n) is 14.6. The summed E-state index contributed by atoms with van der Waals surface area (Å²) in [6, 6.07) is 9.70. The van der Waals surface area contributed by atoms with Gasteiger partial charge in [-0.25, -0.2) is 4.79 Å². The minimum Gasteiger partial charge on any atom is -0.465 e. The van der Waals surface area contributed by atoms with Crippen molar-refractivity contribution in [2.45, 2.75) is 6.92 Å². The number of rotatable bonds is 3. The van der Waals surface area contributed by atoms with Gasteiger partial charge in [0, 0.05) is 41.8 Å². The molecule has 0 radical (unpaired) electrons. The third kappa shape index (κ3) is 4.28. The first-order chi connectivity index (χ1) is 12.5. The van der Waals surface area contributed by atoms with Crippen molar-refractivity contribution < 1.29 is 9.53 Å². The number of hydrogen-bond acceptors (Lipinski definition) is 5. The predicted molar refractivity (Wildman–Crippen MR) is 112 cm³/mol. The van der Waals surface area contributed by atoms with E-state index in [1.807, 2.05) is 31.2 Å². The summed E-state index contributed by atoms with van der Waals surface area (Å²) < 4.78 is 4.84. The van der Waals surface area contributed by atoms with Crippen molar-refractivity contribution in [1.29, 1.82) is 0 Å². The molecule has 0 aliphatic carbocycles. The van der Waals surface area contributed by atoms with Crippen molar-refractivity contribution in [2.75, 3.05) is 43.5 Å². The van der Waals surface area contributed by atoms with E-state index >= 15 is 0 Å². The number of benzene rings is 1. The molecule has 26 heavy (non-hydrogen) atoms. The molecule has 1 N–H and O–H groups in total. The average molecular weight is 410 g/mol. The van der Waals surface area contributed by atoms with Gasteiger partial charge in [0.2, 0.25) is 0 Å². The largest absolute Gasteiger partial charge is 0.465 e. The van der Waals surface area contributed by atoms with Gasteiger partial charge in [-0.2, -0.15) is 0 Å². The van der Waals surface area contributed by atoms with Gasteiger partial charge in [-0.15, -0.1) is 11.3 Å². The third-order valence-electron chi connectivity index (χ3n) is 4.22. The van der Waals surface area contributed by atoms with E-state index in [0.29, 0.717) is 10.7 Å². The fourth-order valence-corrected chi connectivity index (χ4v) is 4.32. The summed E-state index contributed by atoms with van der Waals surface area (Å²) in [6.07, 6.45) is 0. The maximum Gasteiger partial charge on any atom is 0.340 e. The van der Waals surface area contributed by atoms with Crippen molar-refractivity contribution in [3.63, 3.8) is 0 Å². The van der Waals surface area contributed by atoms with Crippen LogP contribution < -0.4 is 10.2 Å². The van der Waals surface area contributed by atoms with E-state index in [1.54, 1.807) is 0 Å². The molecule has 1 aromatic heterocycles. The molecule has 1 aliphatic rings. The minimum absolute atomic E-state index is 0.356. The molecule has 1 aliphatic heterocycles. The van der Waals surface area contributed by atoms with Crippen LogP contribution in [0.3, 0.4) is 0 Å². The van der Waals surface area contributed by atoms with Gasteiger partial charge in [0.05, 0.1) is 12.7 Å². The second-order valence-corrected chi connectivity index (χ2v) is 8.06. The molecular formula is C18H20ClN3O2S2. The number of thiophene rings is 1. The van der Waals surface area contributed by atoms with Gasteiger partial charge >= 0.3 is 5.97 Å². The molecule has 5 nitrogen and oxygen atoms in total. The van der Waals surface area contributed by atoms with Crippen LogP contribution in [0.5, 0.6) is 0 Å². The van der Waals surface area contributed by atoms with Crippen molar-refractivity contribution in [2.24, 2.45) is 0 Å². The molecule has 3 rings (SSSR count). The predicted octanol–water partition coefficient (Wildman–Crippen LogP) is 4.02. The van der Waals surface area contributed by atoms with E-state index in [0.717, 1.165) is 46.8 Å². The quantitative estimate of drug-likeness (QED) is 0.610. The van der Waals surface area contributed by atoms with Crippen LogP contribution in [0.15, 0.2) is 30.3 Å². The molecule has 0 saturated carbocycles. The summed E-state index contributed by atoms with van der Waals surface area (Å²) in [5, 5.41) is 5.32. The first kappa shape index (κ1) is 18.9. The van der Waals surface area contributed by atoms with E-state index in [1.165, 1.54) is 18.4 Å². The Labute approximate surface area is 167 Å². The normalized spacial score (nSPS) is 14.3. The fourth-order valence-electron chi connectivity index (χ4n) is 2.89. The van der Waals surface area contributed by atoms with Crippen LogP contribution in [-0.2, 0) is 4.74 Å².